The molecule has 2 aromatic carbocycles. The highest BCUT2D eigenvalue weighted by atomic mass is 32.1. The molecule has 0 aromatic heterocycles. The maximum absolute atomic E-state index is 13.0. The van der Waals surface area contributed by atoms with E-state index in [0.717, 1.165) is 0 Å². The lowest BCUT2D eigenvalue weighted by atomic mass is 9.82. The van der Waals surface area contributed by atoms with Gasteiger partial charge in [-0.1, -0.05) is 30.3 Å². The minimum absolute atomic E-state index is 0.116. The molecule has 1 aliphatic heterocycles. The first kappa shape index (κ1) is 19.2. The standard InChI is InChI=1S/C20H16N4O3S/c1-12-17(19(25)23-14-7-3-2-4-8-14)18(16(11-21)20(28)22-12)13-6-5-9-15(10-13)24(26)27/h2-10,18,22,28H,1H3,(H,23,25). The number of hydrogen-bond donors (Lipinski definition) is 3. The summed E-state index contributed by atoms with van der Waals surface area (Å²) < 4.78 is 0. The zero-order valence-electron chi connectivity index (χ0n) is 14.8. The van der Waals surface area contributed by atoms with E-state index in [1.54, 1.807) is 37.3 Å². The molecule has 140 valence electrons. The van der Waals surface area contributed by atoms with Crippen LogP contribution in [0.3, 0.4) is 0 Å². The second-order valence-corrected chi connectivity index (χ2v) is 6.59. The van der Waals surface area contributed by atoms with Crippen molar-refractivity contribution in [2.24, 2.45) is 0 Å². The van der Waals surface area contributed by atoms with Gasteiger partial charge in [0.2, 0.25) is 0 Å². The van der Waals surface area contributed by atoms with Gasteiger partial charge in [-0.05, 0) is 24.6 Å². The monoisotopic (exact) mass is 392 g/mol. The van der Waals surface area contributed by atoms with Crippen molar-refractivity contribution in [3.05, 3.63) is 92.1 Å². The minimum Gasteiger partial charge on any atom is -0.353 e. The average molecular weight is 392 g/mol. The molecule has 2 N–H and O–H groups in total. The molecule has 3 rings (SSSR count). The van der Waals surface area contributed by atoms with E-state index >= 15 is 0 Å². The molecule has 1 heterocycles. The number of nitro benzene ring substituents is 1. The Kier molecular flexibility index (Phi) is 5.47. The fourth-order valence-electron chi connectivity index (χ4n) is 3.10. The van der Waals surface area contributed by atoms with Crippen LogP contribution >= 0.6 is 12.6 Å². The highest BCUT2D eigenvalue weighted by Crippen LogP contribution is 2.39. The van der Waals surface area contributed by atoms with E-state index in [1.165, 1.54) is 18.2 Å². The largest absolute Gasteiger partial charge is 0.353 e. The first-order chi connectivity index (χ1) is 13.4. The summed E-state index contributed by atoms with van der Waals surface area (Å²) in [5, 5.41) is 26.9. The number of allylic oxidation sites excluding steroid dienone is 2. The van der Waals surface area contributed by atoms with Gasteiger partial charge in [-0.3, -0.25) is 14.9 Å². The van der Waals surface area contributed by atoms with Gasteiger partial charge in [0.1, 0.15) is 0 Å². The van der Waals surface area contributed by atoms with E-state index in [1.807, 2.05) is 6.07 Å². The number of amides is 1. The predicted octanol–water partition coefficient (Wildman–Crippen LogP) is 3.86. The maximum Gasteiger partial charge on any atom is 0.269 e. The number of hydrogen-bond acceptors (Lipinski definition) is 6. The van der Waals surface area contributed by atoms with Gasteiger partial charge in [-0.15, -0.1) is 12.6 Å². The smallest absolute Gasteiger partial charge is 0.269 e. The van der Waals surface area contributed by atoms with Crippen LogP contribution in [0.4, 0.5) is 11.4 Å². The molecule has 1 atom stereocenters. The summed E-state index contributed by atoms with van der Waals surface area (Å²) in [5.74, 6) is -1.18. The van der Waals surface area contributed by atoms with Crippen LogP contribution in [-0.2, 0) is 4.79 Å². The summed E-state index contributed by atoms with van der Waals surface area (Å²) in [4.78, 5) is 23.7. The first-order valence-electron chi connectivity index (χ1n) is 8.34. The number of nitro groups is 1. The summed E-state index contributed by atoms with van der Waals surface area (Å²) in [6.07, 6.45) is 0. The quantitative estimate of drug-likeness (QED) is 0.416. The summed E-state index contributed by atoms with van der Waals surface area (Å²) in [7, 11) is 0. The molecule has 0 fully saturated rings. The normalized spacial score (nSPS) is 16.2. The van der Waals surface area contributed by atoms with Gasteiger partial charge in [-0.2, -0.15) is 5.26 Å². The van der Waals surface area contributed by atoms with Gasteiger partial charge < -0.3 is 10.6 Å². The van der Waals surface area contributed by atoms with Crippen molar-refractivity contribution in [1.29, 1.82) is 5.26 Å². The van der Waals surface area contributed by atoms with Gasteiger partial charge in [0.25, 0.3) is 11.6 Å². The van der Waals surface area contributed by atoms with Gasteiger partial charge in [-0.25, -0.2) is 0 Å². The number of nitrogens with zero attached hydrogens (tertiary/aromatic N) is 2. The lowest BCUT2D eigenvalue weighted by Crippen LogP contribution is -2.30. The highest BCUT2D eigenvalue weighted by Gasteiger charge is 2.34. The minimum atomic E-state index is -0.776. The van der Waals surface area contributed by atoms with Crippen LogP contribution in [0.5, 0.6) is 0 Å². The molecule has 0 radical (unpaired) electrons. The third-order valence-corrected chi connectivity index (χ3v) is 4.71. The van der Waals surface area contributed by atoms with Crippen molar-refractivity contribution >= 4 is 29.9 Å². The van der Waals surface area contributed by atoms with Crippen LogP contribution in [0, 0.1) is 21.4 Å². The lowest BCUT2D eigenvalue weighted by Gasteiger charge is -2.28. The SMILES string of the molecule is CC1=C(C(=O)Nc2ccccc2)C(c2cccc([N+](=O)[O-])c2)C(C#N)=C(S)N1. The molecule has 1 amide bonds. The van der Waals surface area contributed by atoms with Crippen LogP contribution in [0.1, 0.15) is 18.4 Å². The van der Waals surface area contributed by atoms with E-state index in [0.29, 0.717) is 27.6 Å². The second-order valence-electron chi connectivity index (χ2n) is 6.14. The number of anilines is 1. The molecule has 0 saturated heterocycles. The summed E-state index contributed by atoms with van der Waals surface area (Å²) in [6, 6.07) is 16.9. The molecule has 28 heavy (non-hydrogen) atoms. The Morgan fingerprint density at radius 3 is 2.61 bits per heavy atom. The third-order valence-electron chi connectivity index (χ3n) is 4.35. The van der Waals surface area contributed by atoms with Crippen LogP contribution in [0.2, 0.25) is 0 Å². The maximum atomic E-state index is 13.0. The van der Waals surface area contributed by atoms with Crippen molar-refractivity contribution in [1.82, 2.24) is 5.32 Å². The molecule has 0 bridgehead atoms. The number of rotatable bonds is 4. The molecule has 2 aromatic rings. The van der Waals surface area contributed by atoms with E-state index in [9.17, 15) is 20.2 Å². The molecule has 1 unspecified atom stereocenters. The molecule has 0 spiro atoms. The van der Waals surface area contributed by atoms with Crippen molar-refractivity contribution in [3.8, 4) is 6.07 Å². The molecular weight excluding hydrogens is 376 g/mol. The Morgan fingerprint density at radius 2 is 1.96 bits per heavy atom. The summed E-state index contributed by atoms with van der Waals surface area (Å²) >= 11 is 4.33. The van der Waals surface area contributed by atoms with Crippen LogP contribution < -0.4 is 10.6 Å². The number of nitriles is 1. The van der Waals surface area contributed by atoms with Crippen LogP contribution in [-0.4, -0.2) is 10.8 Å². The van der Waals surface area contributed by atoms with E-state index in [2.05, 4.69) is 29.3 Å². The number of benzene rings is 2. The summed E-state index contributed by atoms with van der Waals surface area (Å²) in [5.41, 5.74) is 2.00. The number of nitrogens with one attached hydrogen (secondary N) is 2. The molecule has 1 aliphatic rings. The van der Waals surface area contributed by atoms with E-state index in [-0.39, 0.29) is 11.3 Å². The summed E-state index contributed by atoms with van der Waals surface area (Å²) in [6.45, 7) is 1.70. The predicted molar refractivity (Wildman–Crippen MR) is 108 cm³/mol. The molecule has 8 heteroatoms. The molecule has 0 saturated carbocycles. The Hall–Kier alpha value is -3.57. The van der Waals surface area contributed by atoms with Crippen molar-refractivity contribution in [2.45, 2.75) is 12.8 Å². The fourth-order valence-corrected chi connectivity index (χ4v) is 3.45. The zero-order valence-corrected chi connectivity index (χ0v) is 15.7. The number of non-ortho nitro benzene ring substituents is 1. The second kappa shape index (κ2) is 7.98. The van der Waals surface area contributed by atoms with E-state index < -0.39 is 16.7 Å². The number of thiol groups is 1. The first-order valence-corrected chi connectivity index (χ1v) is 8.79. The van der Waals surface area contributed by atoms with Gasteiger partial charge in [0, 0.05) is 29.1 Å². The fraction of sp³-hybridized carbons (Fsp3) is 0.100. The molecule has 7 nitrogen and oxygen atoms in total. The van der Waals surface area contributed by atoms with E-state index in [4.69, 9.17) is 0 Å². The highest BCUT2D eigenvalue weighted by molar-refractivity contribution is 7.84. The Labute approximate surface area is 166 Å². The van der Waals surface area contributed by atoms with Gasteiger partial charge in [0.15, 0.2) is 0 Å². The number of carbonyl (C=O) groups excluding carboxylic acids is 1. The van der Waals surface area contributed by atoms with Crippen LogP contribution in [0.15, 0.2) is 76.5 Å². The van der Waals surface area contributed by atoms with Gasteiger partial charge >= 0.3 is 0 Å². The third kappa shape index (κ3) is 3.75. The Balaban J connectivity index is 2.09. The number of dihydropyridines is 1. The van der Waals surface area contributed by atoms with Crippen LogP contribution in [0.25, 0.3) is 0 Å². The topological polar surface area (TPSA) is 108 Å². The number of para-hydroxylation sites is 1. The van der Waals surface area contributed by atoms with Crippen molar-refractivity contribution < 1.29 is 9.72 Å². The molecular formula is C20H16N4O3S. The lowest BCUT2D eigenvalue weighted by molar-refractivity contribution is -0.384. The van der Waals surface area contributed by atoms with Gasteiger partial charge in [0.05, 0.1) is 27.5 Å². The number of carbonyl (C=O) groups is 1. The Morgan fingerprint density at radius 1 is 1.25 bits per heavy atom. The zero-order chi connectivity index (χ0) is 20.3. The van der Waals surface area contributed by atoms with Crippen molar-refractivity contribution in [3.63, 3.8) is 0 Å². The Bertz CT molecular complexity index is 1050. The van der Waals surface area contributed by atoms with Crippen molar-refractivity contribution in [2.75, 3.05) is 5.32 Å². The molecule has 0 aliphatic carbocycles. The average Bonchev–Trinajstić information content (AvgIpc) is 2.68.